The van der Waals surface area contributed by atoms with Crippen LogP contribution in [0.2, 0.25) is 0 Å². The van der Waals surface area contributed by atoms with E-state index in [-0.39, 0.29) is 17.2 Å². The zero-order valence-corrected chi connectivity index (χ0v) is 18.1. The number of allylic oxidation sites excluding steroid dienone is 2. The number of carbonyl (C=O) groups excluding carboxylic acids is 4. The number of hydrogen-bond donors (Lipinski definition) is 2. The zero-order valence-electron chi connectivity index (χ0n) is 18.1. The van der Waals surface area contributed by atoms with Crippen LogP contribution >= 0.6 is 0 Å². The van der Waals surface area contributed by atoms with Crippen LogP contribution in [-0.2, 0) is 33.4 Å². The van der Waals surface area contributed by atoms with E-state index < -0.39 is 36.3 Å². The third kappa shape index (κ3) is 5.20. The molecule has 1 saturated carbocycles. The molecule has 0 aromatic heterocycles. The van der Waals surface area contributed by atoms with Gasteiger partial charge < -0.3 is 24.8 Å². The largest absolute Gasteiger partial charge is 0.466 e. The summed E-state index contributed by atoms with van der Waals surface area (Å²) < 4.78 is 14.8. The predicted octanol–water partition coefficient (Wildman–Crippen LogP) is 1.34. The molecule has 0 saturated heterocycles. The van der Waals surface area contributed by atoms with E-state index in [1.165, 1.54) is 14.2 Å². The van der Waals surface area contributed by atoms with Crippen LogP contribution < -0.4 is 10.6 Å². The van der Waals surface area contributed by atoms with Gasteiger partial charge in [0.1, 0.15) is 5.92 Å². The molecule has 9 nitrogen and oxygen atoms in total. The standard InChI is InChI=1S/C21H30N2O7/c1-11-8-6-7-9-14(11)23-15(24)10-30-21(27)18-16(19(25)28-4)12(2)22-13(3)17(18)20(26)29-5/h11,14,18,22H,6-10H2,1-5H3,(H,23,24)/t11-,14+/m0/s1. The number of esters is 3. The summed E-state index contributed by atoms with van der Waals surface area (Å²) in [6.07, 6.45) is 4.11. The Hall–Kier alpha value is -2.84. The molecule has 166 valence electrons. The van der Waals surface area contributed by atoms with E-state index in [1.54, 1.807) is 13.8 Å². The molecule has 2 N–H and O–H groups in total. The molecule has 1 fully saturated rings. The van der Waals surface area contributed by atoms with Gasteiger partial charge in [-0.05, 0) is 32.6 Å². The zero-order chi connectivity index (χ0) is 22.4. The Morgan fingerprint density at radius 2 is 1.50 bits per heavy atom. The van der Waals surface area contributed by atoms with Crippen LogP contribution in [0.4, 0.5) is 0 Å². The van der Waals surface area contributed by atoms with Gasteiger partial charge in [-0.15, -0.1) is 0 Å². The maximum atomic E-state index is 12.9. The topological polar surface area (TPSA) is 120 Å². The molecular formula is C21H30N2O7. The van der Waals surface area contributed by atoms with Gasteiger partial charge in [0.15, 0.2) is 6.61 Å². The molecule has 0 aromatic rings. The van der Waals surface area contributed by atoms with E-state index in [0.29, 0.717) is 17.3 Å². The summed E-state index contributed by atoms with van der Waals surface area (Å²) in [5, 5.41) is 5.79. The van der Waals surface area contributed by atoms with Crippen LogP contribution in [0.25, 0.3) is 0 Å². The average Bonchev–Trinajstić information content (AvgIpc) is 2.72. The second-order valence-corrected chi connectivity index (χ2v) is 7.66. The van der Waals surface area contributed by atoms with Crippen molar-refractivity contribution in [1.82, 2.24) is 10.6 Å². The quantitative estimate of drug-likeness (QED) is 0.486. The highest BCUT2D eigenvalue weighted by Crippen LogP contribution is 2.32. The minimum atomic E-state index is -1.35. The molecular weight excluding hydrogens is 392 g/mol. The smallest absolute Gasteiger partial charge is 0.336 e. The van der Waals surface area contributed by atoms with E-state index in [1.807, 2.05) is 0 Å². The van der Waals surface area contributed by atoms with Crippen molar-refractivity contribution < 1.29 is 33.4 Å². The molecule has 30 heavy (non-hydrogen) atoms. The van der Waals surface area contributed by atoms with Gasteiger partial charge in [-0.25, -0.2) is 9.59 Å². The number of rotatable bonds is 6. The lowest BCUT2D eigenvalue weighted by Gasteiger charge is -2.30. The molecule has 1 aliphatic carbocycles. The maximum absolute atomic E-state index is 12.9. The molecule has 2 aliphatic rings. The third-order valence-corrected chi connectivity index (χ3v) is 5.61. The molecule has 1 amide bonds. The fourth-order valence-corrected chi connectivity index (χ4v) is 3.99. The molecule has 0 spiro atoms. The second-order valence-electron chi connectivity index (χ2n) is 7.66. The van der Waals surface area contributed by atoms with E-state index in [4.69, 9.17) is 14.2 Å². The Bertz CT molecular complexity index is 746. The van der Waals surface area contributed by atoms with Crippen LogP contribution in [0.15, 0.2) is 22.5 Å². The summed E-state index contributed by atoms with van der Waals surface area (Å²) in [6.45, 7) is 4.74. The lowest BCUT2D eigenvalue weighted by Crippen LogP contribution is -2.43. The number of nitrogens with one attached hydrogen (secondary N) is 2. The first kappa shape index (κ1) is 23.4. The number of ether oxygens (including phenoxy) is 3. The summed E-state index contributed by atoms with van der Waals surface area (Å²) in [6, 6.07) is 0.0457. The van der Waals surface area contributed by atoms with E-state index in [9.17, 15) is 19.2 Å². The number of dihydropyridines is 1. The van der Waals surface area contributed by atoms with Crippen LogP contribution in [0, 0.1) is 11.8 Å². The van der Waals surface area contributed by atoms with Gasteiger partial charge in [-0.1, -0.05) is 19.8 Å². The van der Waals surface area contributed by atoms with Crippen molar-refractivity contribution in [3.63, 3.8) is 0 Å². The summed E-state index contributed by atoms with van der Waals surface area (Å²) in [5.41, 5.74) is 0.591. The summed E-state index contributed by atoms with van der Waals surface area (Å²) >= 11 is 0. The Kier molecular flexibility index (Phi) is 8.02. The van der Waals surface area contributed by atoms with Crippen molar-refractivity contribution in [2.45, 2.75) is 52.5 Å². The number of hydrogen-bond acceptors (Lipinski definition) is 8. The molecule has 0 aromatic carbocycles. The molecule has 2 atom stereocenters. The van der Waals surface area contributed by atoms with Gasteiger partial charge in [0.05, 0.1) is 25.4 Å². The number of amides is 1. The Labute approximate surface area is 176 Å². The van der Waals surface area contributed by atoms with Crippen LogP contribution in [-0.4, -0.2) is 50.7 Å². The first-order valence-corrected chi connectivity index (χ1v) is 10.0. The highest BCUT2D eigenvalue weighted by molar-refractivity contribution is 6.05. The fourth-order valence-electron chi connectivity index (χ4n) is 3.99. The van der Waals surface area contributed by atoms with E-state index in [2.05, 4.69) is 17.6 Å². The SMILES string of the molecule is COC(=O)C1=C(C)NC(C)=C(C(=O)OC)C1C(=O)OCC(=O)N[C@@H]1CCCC[C@@H]1C. The van der Waals surface area contributed by atoms with Crippen LogP contribution in [0.5, 0.6) is 0 Å². The molecule has 0 bridgehead atoms. The van der Waals surface area contributed by atoms with Gasteiger partial charge >= 0.3 is 17.9 Å². The second kappa shape index (κ2) is 10.3. The lowest BCUT2D eigenvalue weighted by atomic mass is 9.85. The van der Waals surface area contributed by atoms with Crippen LogP contribution in [0.1, 0.15) is 46.5 Å². The van der Waals surface area contributed by atoms with Crippen molar-refractivity contribution in [3.05, 3.63) is 22.5 Å². The molecule has 0 radical (unpaired) electrons. The molecule has 0 unspecified atom stereocenters. The Morgan fingerprint density at radius 1 is 0.967 bits per heavy atom. The fraction of sp³-hybridized carbons (Fsp3) is 0.619. The predicted molar refractivity (Wildman–Crippen MR) is 107 cm³/mol. The molecule has 9 heteroatoms. The first-order valence-electron chi connectivity index (χ1n) is 10.0. The van der Waals surface area contributed by atoms with Crippen LogP contribution in [0.3, 0.4) is 0 Å². The minimum Gasteiger partial charge on any atom is -0.466 e. The lowest BCUT2D eigenvalue weighted by molar-refractivity contribution is -0.153. The third-order valence-electron chi connectivity index (χ3n) is 5.61. The Balaban J connectivity index is 2.17. The van der Waals surface area contributed by atoms with Gasteiger partial charge in [0.2, 0.25) is 0 Å². The average molecular weight is 422 g/mol. The van der Waals surface area contributed by atoms with E-state index in [0.717, 1.165) is 25.7 Å². The van der Waals surface area contributed by atoms with Crippen molar-refractivity contribution in [3.8, 4) is 0 Å². The first-order chi connectivity index (χ1) is 14.2. The highest BCUT2D eigenvalue weighted by atomic mass is 16.5. The van der Waals surface area contributed by atoms with E-state index >= 15 is 0 Å². The van der Waals surface area contributed by atoms with Gasteiger partial charge in [-0.2, -0.15) is 0 Å². The Morgan fingerprint density at radius 3 is 2.00 bits per heavy atom. The van der Waals surface area contributed by atoms with Gasteiger partial charge in [0, 0.05) is 17.4 Å². The van der Waals surface area contributed by atoms with Crippen molar-refractivity contribution >= 4 is 23.8 Å². The number of methoxy groups -OCH3 is 2. The summed E-state index contributed by atoms with van der Waals surface area (Å²) in [4.78, 5) is 49.8. The number of carbonyl (C=O) groups is 4. The monoisotopic (exact) mass is 422 g/mol. The summed E-state index contributed by atoms with van der Waals surface area (Å²) in [5.74, 6) is -3.88. The molecule has 2 rings (SSSR count). The molecule has 1 heterocycles. The van der Waals surface area contributed by atoms with Crippen molar-refractivity contribution in [1.29, 1.82) is 0 Å². The maximum Gasteiger partial charge on any atom is 0.336 e. The highest BCUT2D eigenvalue weighted by Gasteiger charge is 2.42. The van der Waals surface area contributed by atoms with Crippen molar-refractivity contribution in [2.75, 3.05) is 20.8 Å². The van der Waals surface area contributed by atoms with Crippen molar-refractivity contribution in [2.24, 2.45) is 11.8 Å². The normalized spacial score (nSPS) is 22.2. The van der Waals surface area contributed by atoms with Gasteiger partial charge in [-0.3, -0.25) is 9.59 Å². The van der Waals surface area contributed by atoms with Gasteiger partial charge in [0.25, 0.3) is 5.91 Å². The summed E-state index contributed by atoms with van der Waals surface area (Å²) in [7, 11) is 2.35. The molecule has 1 aliphatic heterocycles. The minimum absolute atomic E-state index is 0.0457.